The number of rotatable bonds is 7. The van der Waals surface area contributed by atoms with Crippen molar-refractivity contribution >= 4 is 47.4 Å². The van der Waals surface area contributed by atoms with E-state index in [0.29, 0.717) is 29.6 Å². The van der Waals surface area contributed by atoms with Crippen LogP contribution in [0.4, 0.5) is 0 Å². The average molecular weight is 453 g/mol. The highest BCUT2D eigenvalue weighted by atomic mass is 127. The molecule has 0 spiro atoms. The molecule has 0 unspecified atom stereocenters. The molecule has 7 heteroatoms. The van der Waals surface area contributed by atoms with E-state index in [-0.39, 0.29) is 29.9 Å². The standard InChI is InChI=1S/C16H25ClN4O.HI/c1-4-18-16(21-11-12(2)3)20-10-9-19-15(22)13-5-7-14(17)8-6-13;/h5-8,12H,4,9-11H2,1-3H3,(H,19,22)(H2,18,20,21);1H. The molecule has 0 atom stereocenters. The third-order valence-electron chi connectivity index (χ3n) is 2.77. The van der Waals surface area contributed by atoms with Crippen LogP contribution in [0.5, 0.6) is 0 Å². The van der Waals surface area contributed by atoms with Gasteiger partial charge in [-0.2, -0.15) is 0 Å². The van der Waals surface area contributed by atoms with Gasteiger partial charge in [-0.25, -0.2) is 0 Å². The largest absolute Gasteiger partial charge is 0.357 e. The second-order valence-corrected chi connectivity index (χ2v) is 5.74. The third-order valence-corrected chi connectivity index (χ3v) is 3.02. The lowest BCUT2D eigenvalue weighted by Crippen LogP contribution is -2.41. The van der Waals surface area contributed by atoms with Gasteiger partial charge in [0.2, 0.25) is 0 Å². The van der Waals surface area contributed by atoms with Gasteiger partial charge in [-0.05, 0) is 37.1 Å². The summed E-state index contributed by atoms with van der Waals surface area (Å²) in [6, 6.07) is 6.83. The summed E-state index contributed by atoms with van der Waals surface area (Å²) in [5, 5.41) is 9.84. The predicted molar refractivity (Wildman–Crippen MR) is 108 cm³/mol. The number of carbonyl (C=O) groups is 1. The molecule has 0 saturated heterocycles. The van der Waals surface area contributed by atoms with E-state index in [2.05, 4.69) is 34.8 Å². The highest BCUT2D eigenvalue weighted by molar-refractivity contribution is 14.0. The normalized spacial score (nSPS) is 10.9. The monoisotopic (exact) mass is 452 g/mol. The van der Waals surface area contributed by atoms with Crippen molar-refractivity contribution in [2.24, 2.45) is 10.9 Å². The molecule has 3 N–H and O–H groups in total. The summed E-state index contributed by atoms with van der Waals surface area (Å²) in [4.78, 5) is 16.4. The Balaban J connectivity index is 0.00000484. The molecular formula is C16H26ClIN4O. The minimum Gasteiger partial charge on any atom is -0.357 e. The molecule has 0 bridgehead atoms. The lowest BCUT2D eigenvalue weighted by Gasteiger charge is -2.12. The average Bonchev–Trinajstić information content (AvgIpc) is 2.49. The van der Waals surface area contributed by atoms with E-state index in [1.54, 1.807) is 24.3 Å². The number of amides is 1. The van der Waals surface area contributed by atoms with Crippen LogP contribution >= 0.6 is 35.6 Å². The van der Waals surface area contributed by atoms with Crippen LogP contribution in [0.1, 0.15) is 31.1 Å². The summed E-state index contributed by atoms with van der Waals surface area (Å²) < 4.78 is 0. The Morgan fingerprint density at radius 2 is 1.74 bits per heavy atom. The quantitative estimate of drug-likeness (QED) is 0.258. The number of carbonyl (C=O) groups excluding carboxylic acids is 1. The van der Waals surface area contributed by atoms with Crippen molar-refractivity contribution in [2.45, 2.75) is 20.8 Å². The Kier molecular flexibility index (Phi) is 11.9. The molecule has 0 aliphatic carbocycles. The summed E-state index contributed by atoms with van der Waals surface area (Å²) in [5.74, 6) is 1.18. The number of hydrogen-bond acceptors (Lipinski definition) is 2. The molecule has 0 aliphatic rings. The van der Waals surface area contributed by atoms with Gasteiger partial charge in [0.1, 0.15) is 0 Å². The van der Waals surface area contributed by atoms with E-state index in [0.717, 1.165) is 19.0 Å². The number of nitrogens with zero attached hydrogens (tertiary/aromatic N) is 1. The number of hydrogen-bond donors (Lipinski definition) is 3. The van der Waals surface area contributed by atoms with Crippen molar-refractivity contribution < 1.29 is 4.79 Å². The van der Waals surface area contributed by atoms with Crippen LogP contribution in [0.15, 0.2) is 29.3 Å². The molecule has 0 saturated carbocycles. The fourth-order valence-electron chi connectivity index (χ4n) is 1.68. The van der Waals surface area contributed by atoms with Gasteiger partial charge in [-0.15, -0.1) is 24.0 Å². The summed E-state index contributed by atoms with van der Waals surface area (Å²) in [6.45, 7) is 8.98. The third kappa shape index (κ3) is 9.65. The van der Waals surface area contributed by atoms with Crippen LogP contribution in [-0.2, 0) is 0 Å². The van der Waals surface area contributed by atoms with Crippen molar-refractivity contribution in [3.05, 3.63) is 34.9 Å². The number of aliphatic imine (C=N–C) groups is 1. The van der Waals surface area contributed by atoms with Gasteiger partial charge >= 0.3 is 0 Å². The molecule has 1 aromatic carbocycles. The Hall–Kier alpha value is -1.02. The first kappa shape index (κ1) is 22.0. The number of halogens is 2. The fourth-order valence-corrected chi connectivity index (χ4v) is 1.80. The second kappa shape index (κ2) is 12.4. The minimum absolute atomic E-state index is 0. The number of benzene rings is 1. The van der Waals surface area contributed by atoms with Crippen LogP contribution in [0.25, 0.3) is 0 Å². The van der Waals surface area contributed by atoms with Crippen LogP contribution in [-0.4, -0.2) is 38.0 Å². The minimum atomic E-state index is -0.109. The summed E-state index contributed by atoms with van der Waals surface area (Å²) in [6.07, 6.45) is 0. The smallest absolute Gasteiger partial charge is 0.251 e. The number of guanidine groups is 1. The first-order chi connectivity index (χ1) is 10.5. The molecule has 130 valence electrons. The SMILES string of the molecule is CCNC(=NCC(C)C)NCCNC(=O)c1ccc(Cl)cc1.I. The first-order valence-corrected chi connectivity index (χ1v) is 7.96. The Bertz CT molecular complexity index is 491. The molecule has 0 radical (unpaired) electrons. The topological polar surface area (TPSA) is 65.5 Å². The van der Waals surface area contributed by atoms with Gasteiger partial charge in [-0.1, -0.05) is 25.4 Å². The van der Waals surface area contributed by atoms with Crippen molar-refractivity contribution in [2.75, 3.05) is 26.2 Å². The predicted octanol–water partition coefficient (Wildman–Crippen LogP) is 2.90. The molecule has 1 amide bonds. The fraction of sp³-hybridized carbons (Fsp3) is 0.500. The van der Waals surface area contributed by atoms with Gasteiger partial charge in [0, 0.05) is 36.8 Å². The highest BCUT2D eigenvalue weighted by Crippen LogP contribution is 2.09. The van der Waals surface area contributed by atoms with Gasteiger partial charge < -0.3 is 16.0 Å². The Labute approximate surface area is 160 Å². The van der Waals surface area contributed by atoms with Gasteiger partial charge in [-0.3, -0.25) is 9.79 Å². The van der Waals surface area contributed by atoms with Gasteiger partial charge in [0.05, 0.1) is 0 Å². The molecule has 0 aliphatic heterocycles. The van der Waals surface area contributed by atoms with E-state index in [1.807, 2.05) is 6.92 Å². The van der Waals surface area contributed by atoms with E-state index in [1.165, 1.54) is 0 Å². The van der Waals surface area contributed by atoms with E-state index in [4.69, 9.17) is 11.6 Å². The maximum Gasteiger partial charge on any atom is 0.251 e. The summed E-state index contributed by atoms with van der Waals surface area (Å²) >= 11 is 5.80. The Morgan fingerprint density at radius 1 is 1.13 bits per heavy atom. The van der Waals surface area contributed by atoms with E-state index in [9.17, 15) is 4.79 Å². The first-order valence-electron chi connectivity index (χ1n) is 7.59. The summed E-state index contributed by atoms with van der Waals surface area (Å²) in [5.41, 5.74) is 0.602. The molecule has 5 nitrogen and oxygen atoms in total. The molecular weight excluding hydrogens is 427 g/mol. The summed E-state index contributed by atoms with van der Waals surface area (Å²) in [7, 11) is 0. The lowest BCUT2D eigenvalue weighted by molar-refractivity contribution is 0.0954. The maximum atomic E-state index is 11.9. The zero-order chi connectivity index (χ0) is 16.4. The van der Waals surface area contributed by atoms with Crippen LogP contribution < -0.4 is 16.0 Å². The molecule has 0 fully saturated rings. The zero-order valence-electron chi connectivity index (χ0n) is 13.9. The van der Waals surface area contributed by atoms with Crippen LogP contribution in [0, 0.1) is 5.92 Å². The van der Waals surface area contributed by atoms with E-state index < -0.39 is 0 Å². The molecule has 0 aromatic heterocycles. The van der Waals surface area contributed by atoms with Gasteiger partial charge in [0.25, 0.3) is 5.91 Å². The van der Waals surface area contributed by atoms with E-state index >= 15 is 0 Å². The maximum absolute atomic E-state index is 11.9. The van der Waals surface area contributed by atoms with Crippen molar-refractivity contribution in [3.8, 4) is 0 Å². The highest BCUT2D eigenvalue weighted by Gasteiger charge is 2.04. The Morgan fingerprint density at radius 3 is 2.30 bits per heavy atom. The number of nitrogens with one attached hydrogen (secondary N) is 3. The zero-order valence-corrected chi connectivity index (χ0v) is 16.9. The van der Waals surface area contributed by atoms with Crippen molar-refractivity contribution in [1.29, 1.82) is 0 Å². The van der Waals surface area contributed by atoms with Gasteiger partial charge in [0.15, 0.2) is 5.96 Å². The molecule has 0 heterocycles. The second-order valence-electron chi connectivity index (χ2n) is 5.30. The van der Waals surface area contributed by atoms with Crippen LogP contribution in [0.2, 0.25) is 5.02 Å². The molecule has 1 rings (SSSR count). The lowest BCUT2D eigenvalue weighted by atomic mass is 10.2. The van der Waals surface area contributed by atoms with Crippen molar-refractivity contribution in [3.63, 3.8) is 0 Å². The van der Waals surface area contributed by atoms with Crippen molar-refractivity contribution in [1.82, 2.24) is 16.0 Å². The molecule has 23 heavy (non-hydrogen) atoms. The molecule has 1 aromatic rings. The van der Waals surface area contributed by atoms with Crippen LogP contribution in [0.3, 0.4) is 0 Å².